The third-order valence-electron chi connectivity index (χ3n) is 2.60. The first-order valence-corrected chi connectivity index (χ1v) is 5.99. The molecule has 1 aromatic carbocycles. The number of carbonyl (C=O) groups excluding carboxylic acids is 2. The second kappa shape index (κ2) is 7.48. The normalized spacial score (nSPS) is 11.7. The second-order valence-electron chi connectivity index (χ2n) is 3.88. The summed E-state index contributed by atoms with van der Waals surface area (Å²) in [6.07, 6.45) is 2.53. The topological polar surface area (TPSA) is 52.6 Å². The number of esters is 1. The van der Waals surface area contributed by atoms with Gasteiger partial charge in [-0.1, -0.05) is 31.5 Å². The van der Waals surface area contributed by atoms with Gasteiger partial charge >= 0.3 is 5.97 Å². The maximum atomic E-state index is 11.5. The Labute approximate surface area is 107 Å². The van der Waals surface area contributed by atoms with Crippen molar-refractivity contribution in [2.75, 3.05) is 13.7 Å². The number of rotatable bonds is 7. The predicted molar refractivity (Wildman–Crippen MR) is 67.7 cm³/mol. The fourth-order valence-corrected chi connectivity index (χ4v) is 1.58. The quantitative estimate of drug-likeness (QED) is 0.322. The van der Waals surface area contributed by atoms with Crippen LogP contribution >= 0.6 is 0 Å². The minimum Gasteiger partial charge on any atom is -0.493 e. The zero-order chi connectivity index (χ0) is 13.4. The first kappa shape index (κ1) is 14.2. The van der Waals surface area contributed by atoms with Gasteiger partial charge in [-0.2, -0.15) is 0 Å². The third-order valence-corrected chi connectivity index (χ3v) is 2.60. The Kier molecular flexibility index (Phi) is 5.91. The van der Waals surface area contributed by atoms with Crippen molar-refractivity contribution in [3.63, 3.8) is 0 Å². The molecule has 0 aromatic heterocycles. The van der Waals surface area contributed by atoms with E-state index in [-0.39, 0.29) is 0 Å². The van der Waals surface area contributed by atoms with E-state index in [0.717, 1.165) is 12.8 Å². The summed E-state index contributed by atoms with van der Waals surface area (Å²) in [4.78, 5) is 22.5. The summed E-state index contributed by atoms with van der Waals surface area (Å²) >= 11 is 0. The molecular formula is C14H18O4. The molecular weight excluding hydrogens is 232 g/mol. The maximum Gasteiger partial charge on any atom is 0.320 e. The van der Waals surface area contributed by atoms with Crippen molar-refractivity contribution < 1.29 is 19.1 Å². The molecule has 0 aliphatic carbocycles. The fourth-order valence-electron chi connectivity index (χ4n) is 1.58. The molecule has 0 N–H and O–H groups in total. The van der Waals surface area contributed by atoms with Crippen LogP contribution in [0.2, 0.25) is 0 Å². The van der Waals surface area contributed by atoms with E-state index < -0.39 is 11.9 Å². The summed E-state index contributed by atoms with van der Waals surface area (Å²) in [6, 6.07) is 7.03. The van der Waals surface area contributed by atoms with Crippen LogP contribution in [0.1, 0.15) is 31.2 Å². The summed E-state index contributed by atoms with van der Waals surface area (Å²) in [5.41, 5.74) is 0.551. The van der Waals surface area contributed by atoms with Gasteiger partial charge in [0.2, 0.25) is 0 Å². The molecule has 0 saturated heterocycles. The van der Waals surface area contributed by atoms with Gasteiger partial charge in [-0.3, -0.25) is 4.79 Å². The summed E-state index contributed by atoms with van der Waals surface area (Å²) < 4.78 is 10.2. The second-order valence-corrected chi connectivity index (χ2v) is 3.88. The van der Waals surface area contributed by atoms with E-state index in [1.54, 1.807) is 18.2 Å². The first-order valence-electron chi connectivity index (χ1n) is 5.99. The van der Waals surface area contributed by atoms with Gasteiger partial charge in [-0.05, 0) is 12.5 Å². The largest absolute Gasteiger partial charge is 0.493 e. The summed E-state index contributed by atoms with van der Waals surface area (Å²) in [7, 11) is 1.26. The lowest BCUT2D eigenvalue weighted by molar-refractivity contribution is -0.143. The Bertz CT molecular complexity index is 401. The minimum absolute atomic E-state index is 0.551. The number of carbonyl (C=O) groups is 2. The molecule has 0 bridgehead atoms. The van der Waals surface area contributed by atoms with E-state index in [4.69, 9.17) is 4.74 Å². The lowest BCUT2D eigenvalue weighted by Gasteiger charge is -2.14. The van der Waals surface area contributed by atoms with Gasteiger partial charge in [0.1, 0.15) is 18.0 Å². The minimum atomic E-state index is -0.923. The number of unbranched alkanes of at least 4 members (excludes halogenated alkanes) is 1. The van der Waals surface area contributed by atoms with Crippen LogP contribution in [0, 0.1) is 0 Å². The van der Waals surface area contributed by atoms with Crippen LogP contribution < -0.4 is 4.74 Å². The van der Waals surface area contributed by atoms with E-state index in [2.05, 4.69) is 11.7 Å². The molecule has 1 unspecified atom stereocenters. The van der Waals surface area contributed by atoms with Gasteiger partial charge in [-0.15, -0.1) is 0 Å². The lowest BCUT2D eigenvalue weighted by atomic mass is 10.00. The molecule has 1 rings (SSSR count). The van der Waals surface area contributed by atoms with Crippen LogP contribution in [0.5, 0.6) is 5.75 Å². The average molecular weight is 250 g/mol. The van der Waals surface area contributed by atoms with Crippen LogP contribution in [0.25, 0.3) is 0 Å². The molecule has 18 heavy (non-hydrogen) atoms. The van der Waals surface area contributed by atoms with Crippen molar-refractivity contribution in [3.8, 4) is 5.75 Å². The van der Waals surface area contributed by atoms with Gasteiger partial charge in [0.05, 0.1) is 13.7 Å². The fraction of sp³-hybridized carbons (Fsp3) is 0.429. The smallest absolute Gasteiger partial charge is 0.320 e. The highest BCUT2D eigenvalue weighted by Crippen LogP contribution is 2.26. The van der Waals surface area contributed by atoms with Gasteiger partial charge in [0.25, 0.3) is 0 Å². The number of benzene rings is 1. The van der Waals surface area contributed by atoms with Gasteiger partial charge in [0.15, 0.2) is 0 Å². The van der Waals surface area contributed by atoms with E-state index in [0.29, 0.717) is 24.2 Å². The van der Waals surface area contributed by atoms with Crippen LogP contribution in [-0.4, -0.2) is 26.0 Å². The number of aldehydes is 1. The molecule has 0 amide bonds. The van der Waals surface area contributed by atoms with Crippen LogP contribution in [0.3, 0.4) is 0 Å². The van der Waals surface area contributed by atoms with Gasteiger partial charge < -0.3 is 14.3 Å². The molecule has 0 aliphatic heterocycles. The zero-order valence-corrected chi connectivity index (χ0v) is 10.7. The van der Waals surface area contributed by atoms with Crippen LogP contribution in [-0.2, 0) is 14.3 Å². The van der Waals surface area contributed by atoms with Crippen LogP contribution in [0.4, 0.5) is 0 Å². The molecule has 4 heteroatoms. The molecule has 0 fully saturated rings. The van der Waals surface area contributed by atoms with E-state index in [9.17, 15) is 9.59 Å². The molecule has 1 aromatic rings. The van der Waals surface area contributed by atoms with E-state index in [1.807, 2.05) is 6.07 Å². The van der Waals surface area contributed by atoms with Crippen molar-refractivity contribution in [2.45, 2.75) is 25.7 Å². The predicted octanol–water partition coefficient (Wildman–Crippen LogP) is 2.32. The third kappa shape index (κ3) is 3.58. The van der Waals surface area contributed by atoms with Crippen molar-refractivity contribution >= 4 is 12.3 Å². The molecule has 4 nitrogen and oxygen atoms in total. The number of para-hydroxylation sites is 1. The molecule has 0 spiro atoms. The lowest BCUT2D eigenvalue weighted by Crippen LogP contribution is -2.16. The Morgan fingerprint density at radius 1 is 1.39 bits per heavy atom. The van der Waals surface area contributed by atoms with Crippen molar-refractivity contribution in [2.24, 2.45) is 0 Å². The van der Waals surface area contributed by atoms with Gasteiger partial charge in [-0.25, -0.2) is 0 Å². The molecule has 0 heterocycles. The number of methoxy groups -OCH3 is 1. The Hall–Kier alpha value is -1.84. The summed E-state index contributed by atoms with van der Waals surface area (Å²) in [5, 5.41) is 0. The molecule has 98 valence electrons. The SMILES string of the molecule is CCCCOc1ccccc1C(C=O)C(=O)OC. The van der Waals surface area contributed by atoms with Crippen LogP contribution in [0.15, 0.2) is 24.3 Å². The molecule has 0 saturated carbocycles. The maximum absolute atomic E-state index is 11.5. The Morgan fingerprint density at radius 2 is 2.11 bits per heavy atom. The highest BCUT2D eigenvalue weighted by Gasteiger charge is 2.23. The van der Waals surface area contributed by atoms with Gasteiger partial charge in [0, 0.05) is 5.56 Å². The number of hydrogen-bond acceptors (Lipinski definition) is 4. The molecule has 0 radical (unpaired) electrons. The van der Waals surface area contributed by atoms with Crippen molar-refractivity contribution in [3.05, 3.63) is 29.8 Å². The van der Waals surface area contributed by atoms with Crippen molar-refractivity contribution in [1.29, 1.82) is 0 Å². The highest BCUT2D eigenvalue weighted by molar-refractivity contribution is 5.94. The summed E-state index contributed by atoms with van der Waals surface area (Å²) in [6.45, 7) is 2.64. The number of hydrogen-bond donors (Lipinski definition) is 0. The highest BCUT2D eigenvalue weighted by atomic mass is 16.5. The Morgan fingerprint density at radius 3 is 2.72 bits per heavy atom. The van der Waals surface area contributed by atoms with Crippen molar-refractivity contribution in [1.82, 2.24) is 0 Å². The Balaban J connectivity index is 2.91. The molecule has 0 aliphatic rings. The van der Waals surface area contributed by atoms with E-state index >= 15 is 0 Å². The average Bonchev–Trinajstić information content (AvgIpc) is 2.41. The first-order chi connectivity index (χ1) is 8.74. The van der Waals surface area contributed by atoms with E-state index in [1.165, 1.54) is 7.11 Å². The summed E-state index contributed by atoms with van der Waals surface area (Å²) in [5.74, 6) is -0.933. The standard InChI is InChI=1S/C14H18O4/c1-3-4-9-18-13-8-6-5-7-11(13)12(10-15)14(16)17-2/h5-8,10,12H,3-4,9H2,1-2H3. The number of ether oxygens (including phenoxy) is 2. The molecule has 1 atom stereocenters. The monoisotopic (exact) mass is 250 g/mol. The zero-order valence-electron chi connectivity index (χ0n) is 10.7.